The average molecular weight is 225 g/mol. The highest BCUT2D eigenvalue weighted by atomic mass is 16.5. The molecule has 0 amide bonds. The second-order valence-electron chi connectivity index (χ2n) is 3.57. The van der Waals surface area contributed by atoms with Gasteiger partial charge in [-0.2, -0.15) is 0 Å². The molecule has 0 saturated heterocycles. The summed E-state index contributed by atoms with van der Waals surface area (Å²) in [5, 5.41) is 6.89. The molecular formula is C12H19NO3. The van der Waals surface area contributed by atoms with Crippen LogP contribution in [0.3, 0.4) is 0 Å². The van der Waals surface area contributed by atoms with Crippen LogP contribution in [0.15, 0.2) is 24.3 Å². The van der Waals surface area contributed by atoms with Crippen LogP contribution in [0.5, 0.6) is 5.75 Å². The molecule has 1 aromatic rings. The van der Waals surface area contributed by atoms with Crippen molar-refractivity contribution in [1.29, 1.82) is 0 Å². The Kier molecular flexibility index (Phi) is 7.89. The molecule has 0 aliphatic heterocycles. The summed E-state index contributed by atoms with van der Waals surface area (Å²) in [7, 11) is 4.08. The number of likely N-dealkylation sites (N-methyl/N-ethyl adjacent to an activating group) is 1. The molecule has 0 aliphatic rings. The first-order valence-electron chi connectivity index (χ1n) is 5.02. The Balaban J connectivity index is 0.000000673. The monoisotopic (exact) mass is 225 g/mol. The highest BCUT2D eigenvalue weighted by Crippen LogP contribution is 2.10. The van der Waals surface area contributed by atoms with E-state index in [1.54, 1.807) is 0 Å². The molecule has 0 atom stereocenters. The number of ether oxygens (including phenoxy) is 1. The predicted octanol–water partition coefficient (Wildman–Crippen LogP) is 1.64. The first-order valence-corrected chi connectivity index (χ1v) is 5.02. The van der Waals surface area contributed by atoms with E-state index in [4.69, 9.17) is 14.6 Å². The lowest BCUT2D eigenvalue weighted by atomic mass is 10.2. The fourth-order valence-corrected chi connectivity index (χ4v) is 0.981. The van der Waals surface area contributed by atoms with E-state index in [0.717, 1.165) is 18.9 Å². The molecule has 0 spiro atoms. The van der Waals surface area contributed by atoms with E-state index in [0.29, 0.717) is 0 Å². The van der Waals surface area contributed by atoms with E-state index >= 15 is 0 Å². The minimum atomic E-state index is -0.250. The smallest absolute Gasteiger partial charge is 0.290 e. The van der Waals surface area contributed by atoms with Gasteiger partial charge in [-0.15, -0.1) is 0 Å². The number of rotatable bonds is 4. The summed E-state index contributed by atoms with van der Waals surface area (Å²) < 4.78 is 5.53. The van der Waals surface area contributed by atoms with Gasteiger partial charge < -0.3 is 14.7 Å². The van der Waals surface area contributed by atoms with Gasteiger partial charge in [-0.05, 0) is 33.2 Å². The molecule has 1 N–H and O–H groups in total. The number of benzene rings is 1. The Labute approximate surface area is 96.5 Å². The number of hydrogen-bond donors (Lipinski definition) is 1. The van der Waals surface area contributed by atoms with Gasteiger partial charge in [0.25, 0.3) is 6.47 Å². The summed E-state index contributed by atoms with van der Waals surface area (Å²) in [6.07, 6.45) is 0. The molecule has 0 saturated carbocycles. The van der Waals surface area contributed by atoms with E-state index in [1.807, 2.05) is 26.2 Å². The van der Waals surface area contributed by atoms with Crippen molar-refractivity contribution in [2.45, 2.75) is 6.92 Å². The molecule has 1 aromatic carbocycles. The van der Waals surface area contributed by atoms with Gasteiger partial charge in [0.2, 0.25) is 0 Å². The molecule has 0 aromatic heterocycles. The quantitative estimate of drug-likeness (QED) is 0.791. The van der Waals surface area contributed by atoms with Crippen LogP contribution in [0.4, 0.5) is 0 Å². The molecule has 4 heteroatoms. The van der Waals surface area contributed by atoms with Gasteiger partial charge in [-0.25, -0.2) is 0 Å². The summed E-state index contributed by atoms with van der Waals surface area (Å²) in [6.45, 7) is 3.52. The first-order chi connectivity index (χ1) is 7.60. The van der Waals surface area contributed by atoms with E-state index in [-0.39, 0.29) is 6.47 Å². The number of hydrogen-bond acceptors (Lipinski definition) is 3. The topological polar surface area (TPSA) is 49.8 Å². The van der Waals surface area contributed by atoms with E-state index in [1.165, 1.54) is 5.56 Å². The lowest BCUT2D eigenvalue weighted by Crippen LogP contribution is -2.19. The van der Waals surface area contributed by atoms with Crippen molar-refractivity contribution in [1.82, 2.24) is 4.90 Å². The molecule has 1 rings (SSSR count). The maximum Gasteiger partial charge on any atom is 0.290 e. The molecule has 0 radical (unpaired) electrons. The highest BCUT2D eigenvalue weighted by Gasteiger charge is 1.93. The average Bonchev–Trinajstić information content (AvgIpc) is 2.22. The number of aryl methyl sites for hydroxylation is 1. The van der Waals surface area contributed by atoms with Crippen molar-refractivity contribution >= 4 is 6.47 Å². The van der Waals surface area contributed by atoms with E-state index < -0.39 is 0 Å². The van der Waals surface area contributed by atoms with Gasteiger partial charge >= 0.3 is 0 Å². The van der Waals surface area contributed by atoms with Crippen molar-refractivity contribution in [3.63, 3.8) is 0 Å². The van der Waals surface area contributed by atoms with Crippen molar-refractivity contribution in [3.05, 3.63) is 29.8 Å². The Bertz CT molecular complexity index is 283. The van der Waals surface area contributed by atoms with Crippen molar-refractivity contribution in [2.24, 2.45) is 0 Å². The Morgan fingerprint density at radius 1 is 1.31 bits per heavy atom. The minimum absolute atomic E-state index is 0.250. The van der Waals surface area contributed by atoms with Crippen LogP contribution >= 0.6 is 0 Å². The van der Waals surface area contributed by atoms with Crippen LogP contribution in [0.2, 0.25) is 0 Å². The molecule has 0 aliphatic carbocycles. The van der Waals surface area contributed by atoms with Gasteiger partial charge in [0.1, 0.15) is 12.4 Å². The lowest BCUT2D eigenvalue weighted by molar-refractivity contribution is -0.122. The molecule has 0 unspecified atom stereocenters. The number of carbonyl (C=O) groups is 1. The summed E-state index contributed by atoms with van der Waals surface area (Å²) in [5.74, 6) is 0.951. The normalized spacial score (nSPS) is 9.25. The highest BCUT2D eigenvalue weighted by molar-refractivity contribution is 5.32. The van der Waals surface area contributed by atoms with Crippen LogP contribution in [-0.4, -0.2) is 43.7 Å². The largest absolute Gasteiger partial charge is 0.492 e. The van der Waals surface area contributed by atoms with Gasteiger partial charge in [-0.1, -0.05) is 17.7 Å². The summed E-state index contributed by atoms with van der Waals surface area (Å²) in [5.41, 5.74) is 1.26. The first kappa shape index (κ1) is 14.5. The van der Waals surface area contributed by atoms with Crippen LogP contribution in [0.25, 0.3) is 0 Å². The van der Waals surface area contributed by atoms with Crippen LogP contribution in [-0.2, 0) is 4.79 Å². The third-order valence-corrected chi connectivity index (χ3v) is 1.83. The summed E-state index contributed by atoms with van der Waals surface area (Å²) >= 11 is 0. The zero-order chi connectivity index (χ0) is 12.4. The maximum absolute atomic E-state index is 8.36. The third kappa shape index (κ3) is 7.82. The standard InChI is InChI=1S/C11H17NO.CH2O2/c1-10-4-6-11(7-5-10)13-9-8-12(2)3;2-1-3/h4-7H,8-9H2,1-3H3;1H,(H,2,3). The molecule has 90 valence electrons. The van der Waals surface area contributed by atoms with Gasteiger partial charge in [0.05, 0.1) is 0 Å². The lowest BCUT2D eigenvalue weighted by Gasteiger charge is -2.10. The second-order valence-corrected chi connectivity index (χ2v) is 3.57. The Morgan fingerprint density at radius 3 is 2.25 bits per heavy atom. The maximum atomic E-state index is 8.36. The zero-order valence-corrected chi connectivity index (χ0v) is 10.0. The second kappa shape index (κ2) is 8.73. The molecule has 16 heavy (non-hydrogen) atoms. The van der Waals surface area contributed by atoms with E-state index in [9.17, 15) is 0 Å². The number of nitrogens with zero attached hydrogens (tertiary/aromatic N) is 1. The SMILES string of the molecule is Cc1ccc(OCCN(C)C)cc1.O=CO. The molecule has 4 nitrogen and oxygen atoms in total. The molecule has 0 fully saturated rings. The van der Waals surface area contributed by atoms with Crippen molar-refractivity contribution in [2.75, 3.05) is 27.2 Å². The van der Waals surface area contributed by atoms with Gasteiger partial charge in [-0.3, -0.25) is 4.79 Å². The molecule has 0 heterocycles. The Hall–Kier alpha value is -1.55. The van der Waals surface area contributed by atoms with Crippen LogP contribution in [0.1, 0.15) is 5.56 Å². The fraction of sp³-hybridized carbons (Fsp3) is 0.417. The molecule has 0 bridgehead atoms. The minimum Gasteiger partial charge on any atom is -0.492 e. The predicted molar refractivity (Wildman–Crippen MR) is 63.9 cm³/mol. The molecular weight excluding hydrogens is 206 g/mol. The van der Waals surface area contributed by atoms with Crippen molar-refractivity contribution in [3.8, 4) is 5.75 Å². The third-order valence-electron chi connectivity index (χ3n) is 1.83. The van der Waals surface area contributed by atoms with Crippen LogP contribution in [0, 0.1) is 6.92 Å². The summed E-state index contributed by atoms with van der Waals surface area (Å²) in [6, 6.07) is 8.13. The van der Waals surface area contributed by atoms with Gasteiger partial charge in [0, 0.05) is 6.54 Å². The summed E-state index contributed by atoms with van der Waals surface area (Å²) in [4.78, 5) is 10.5. The number of carboxylic acid groups (broad SMARTS) is 1. The zero-order valence-electron chi connectivity index (χ0n) is 10.0. The van der Waals surface area contributed by atoms with Gasteiger partial charge in [0.15, 0.2) is 0 Å². The fourth-order valence-electron chi connectivity index (χ4n) is 0.981. The van der Waals surface area contributed by atoms with E-state index in [2.05, 4.69) is 24.0 Å². The Morgan fingerprint density at radius 2 is 1.81 bits per heavy atom. The van der Waals surface area contributed by atoms with Crippen molar-refractivity contribution < 1.29 is 14.6 Å². The van der Waals surface area contributed by atoms with Crippen LogP contribution < -0.4 is 4.74 Å².